The van der Waals surface area contributed by atoms with Crippen LogP contribution in [0.15, 0.2) is 36.5 Å². The number of methoxy groups -OCH3 is 1. The molecule has 1 N–H and O–H groups in total. The maximum atomic E-state index is 11.3. The molecule has 21 heavy (non-hydrogen) atoms. The number of ether oxygens (including phenoxy) is 1. The number of esters is 1. The Bertz CT molecular complexity index is 688. The number of aryl methyl sites for hydroxylation is 1. The van der Waals surface area contributed by atoms with Crippen molar-refractivity contribution in [2.75, 3.05) is 12.4 Å². The number of carbonyl (C=O) groups is 1. The highest BCUT2D eigenvalue weighted by Crippen LogP contribution is 2.17. The molecule has 0 atom stereocenters. The second-order valence-corrected chi connectivity index (χ2v) is 4.52. The van der Waals surface area contributed by atoms with Gasteiger partial charge in [0.15, 0.2) is 0 Å². The Labute approximate surface area is 123 Å². The smallest absolute Gasteiger partial charge is 0.339 e. The summed E-state index contributed by atoms with van der Waals surface area (Å²) in [5, 5.41) is 12.1. The third-order valence-corrected chi connectivity index (χ3v) is 3.07. The molecule has 0 saturated carbocycles. The predicted molar refractivity (Wildman–Crippen MR) is 78.8 cm³/mol. The summed E-state index contributed by atoms with van der Waals surface area (Å²) in [4.78, 5) is 15.5. The molecule has 0 aliphatic rings. The average molecular weight is 281 g/mol. The van der Waals surface area contributed by atoms with Crippen molar-refractivity contribution in [1.29, 1.82) is 5.26 Å². The van der Waals surface area contributed by atoms with Crippen molar-refractivity contribution < 1.29 is 9.53 Å². The van der Waals surface area contributed by atoms with E-state index in [1.54, 1.807) is 24.3 Å². The van der Waals surface area contributed by atoms with Gasteiger partial charge in [0.25, 0.3) is 0 Å². The Morgan fingerprint density at radius 2 is 2.19 bits per heavy atom. The number of nitrogens with one attached hydrogen (secondary N) is 1. The Morgan fingerprint density at radius 3 is 2.81 bits per heavy atom. The molecule has 1 aromatic heterocycles. The highest BCUT2D eigenvalue weighted by Gasteiger charge is 2.06. The molecule has 2 rings (SSSR count). The van der Waals surface area contributed by atoms with Crippen molar-refractivity contribution in [2.45, 2.75) is 13.5 Å². The van der Waals surface area contributed by atoms with E-state index in [1.165, 1.54) is 13.3 Å². The van der Waals surface area contributed by atoms with Gasteiger partial charge in [-0.3, -0.25) is 4.98 Å². The van der Waals surface area contributed by atoms with Crippen molar-refractivity contribution in [1.82, 2.24) is 4.98 Å². The zero-order valence-electron chi connectivity index (χ0n) is 11.9. The second kappa shape index (κ2) is 6.53. The second-order valence-electron chi connectivity index (χ2n) is 4.52. The molecule has 5 nitrogen and oxygen atoms in total. The van der Waals surface area contributed by atoms with Crippen LogP contribution in [0.3, 0.4) is 0 Å². The van der Waals surface area contributed by atoms with Crippen molar-refractivity contribution in [3.8, 4) is 6.07 Å². The van der Waals surface area contributed by atoms with Crippen LogP contribution in [0, 0.1) is 18.3 Å². The molecular weight excluding hydrogens is 266 g/mol. The van der Waals surface area contributed by atoms with Crippen molar-refractivity contribution in [2.24, 2.45) is 0 Å². The topological polar surface area (TPSA) is 75.0 Å². The summed E-state index contributed by atoms with van der Waals surface area (Å²) in [5.41, 5.74) is 3.78. The number of benzene rings is 1. The molecule has 0 aliphatic heterocycles. The van der Waals surface area contributed by atoms with Gasteiger partial charge in [-0.05, 0) is 36.8 Å². The van der Waals surface area contributed by atoms with Crippen LogP contribution in [-0.2, 0) is 11.3 Å². The fourth-order valence-corrected chi connectivity index (χ4v) is 1.84. The van der Waals surface area contributed by atoms with Crippen LogP contribution in [0.25, 0.3) is 0 Å². The van der Waals surface area contributed by atoms with Gasteiger partial charge in [-0.15, -0.1) is 0 Å². The molecule has 0 spiro atoms. The lowest BCUT2D eigenvalue weighted by molar-refractivity contribution is 0.0600. The molecule has 2 aromatic rings. The Morgan fingerprint density at radius 1 is 1.38 bits per heavy atom. The number of aromatic nitrogens is 1. The van der Waals surface area contributed by atoms with Crippen molar-refractivity contribution in [3.63, 3.8) is 0 Å². The van der Waals surface area contributed by atoms with E-state index in [9.17, 15) is 4.79 Å². The molecule has 0 fully saturated rings. The first-order valence-corrected chi connectivity index (χ1v) is 6.42. The van der Waals surface area contributed by atoms with Crippen LogP contribution >= 0.6 is 0 Å². The number of nitrogens with zero attached hydrogens (tertiary/aromatic N) is 2. The lowest BCUT2D eigenvalue weighted by Gasteiger charge is -2.09. The molecule has 0 saturated heterocycles. The Hall–Kier alpha value is -2.87. The SMILES string of the molecule is COC(=O)c1ccc(CNc2cc(C#N)ccc2C)nc1. The Balaban J connectivity index is 2.06. The minimum Gasteiger partial charge on any atom is -0.465 e. The van der Waals surface area contributed by atoms with E-state index in [0.29, 0.717) is 17.7 Å². The summed E-state index contributed by atoms with van der Waals surface area (Å²) in [5.74, 6) is -0.403. The number of pyridine rings is 1. The molecule has 1 aromatic carbocycles. The highest BCUT2D eigenvalue weighted by molar-refractivity contribution is 5.88. The van der Waals surface area contributed by atoms with Gasteiger partial charge in [0, 0.05) is 11.9 Å². The zero-order chi connectivity index (χ0) is 15.2. The normalized spacial score (nSPS) is 9.76. The van der Waals surface area contributed by atoms with Gasteiger partial charge in [0.1, 0.15) is 0 Å². The van der Waals surface area contributed by atoms with Gasteiger partial charge in [0.2, 0.25) is 0 Å². The molecule has 0 radical (unpaired) electrons. The summed E-state index contributed by atoms with van der Waals surface area (Å²) in [7, 11) is 1.34. The van der Waals surface area contributed by atoms with E-state index in [1.807, 2.05) is 13.0 Å². The van der Waals surface area contributed by atoms with E-state index in [-0.39, 0.29) is 0 Å². The molecule has 5 heteroatoms. The van der Waals surface area contributed by atoms with E-state index >= 15 is 0 Å². The van der Waals surface area contributed by atoms with Gasteiger partial charge < -0.3 is 10.1 Å². The maximum Gasteiger partial charge on any atom is 0.339 e. The lowest BCUT2D eigenvalue weighted by Crippen LogP contribution is -2.06. The lowest BCUT2D eigenvalue weighted by atomic mass is 10.1. The number of hydrogen-bond donors (Lipinski definition) is 1. The van der Waals surface area contributed by atoms with Crippen LogP contribution < -0.4 is 5.32 Å². The molecule has 1 heterocycles. The van der Waals surface area contributed by atoms with Crippen LogP contribution in [-0.4, -0.2) is 18.1 Å². The highest BCUT2D eigenvalue weighted by atomic mass is 16.5. The van der Waals surface area contributed by atoms with Gasteiger partial charge in [-0.25, -0.2) is 4.79 Å². The minimum atomic E-state index is -0.403. The number of anilines is 1. The van der Waals surface area contributed by atoms with Gasteiger partial charge in [-0.2, -0.15) is 5.26 Å². The third-order valence-electron chi connectivity index (χ3n) is 3.07. The minimum absolute atomic E-state index is 0.403. The number of carbonyl (C=O) groups excluding carboxylic acids is 1. The third kappa shape index (κ3) is 3.57. The first-order chi connectivity index (χ1) is 10.1. The Kier molecular flexibility index (Phi) is 4.52. The van der Waals surface area contributed by atoms with E-state index < -0.39 is 5.97 Å². The average Bonchev–Trinajstić information content (AvgIpc) is 2.54. The fraction of sp³-hybridized carbons (Fsp3) is 0.188. The van der Waals surface area contributed by atoms with Crippen LogP contribution in [0.1, 0.15) is 27.2 Å². The summed E-state index contributed by atoms with van der Waals surface area (Å²) >= 11 is 0. The molecule has 0 aliphatic carbocycles. The van der Waals surface area contributed by atoms with Crippen molar-refractivity contribution in [3.05, 3.63) is 58.9 Å². The number of rotatable bonds is 4. The summed E-state index contributed by atoms with van der Waals surface area (Å²) in [6, 6.07) is 11.0. The molecule has 106 valence electrons. The van der Waals surface area contributed by atoms with Gasteiger partial charge in [-0.1, -0.05) is 6.07 Å². The fourth-order valence-electron chi connectivity index (χ4n) is 1.84. The van der Waals surface area contributed by atoms with E-state index in [2.05, 4.69) is 21.1 Å². The van der Waals surface area contributed by atoms with E-state index in [0.717, 1.165) is 16.9 Å². The molecule has 0 amide bonds. The molecule has 0 unspecified atom stereocenters. The molecular formula is C16H15N3O2. The zero-order valence-corrected chi connectivity index (χ0v) is 11.9. The first kappa shape index (κ1) is 14.5. The quantitative estimate of drug-likeness (QED) is 0.872. The number of nitriles is 1. The summed E-state index contributed by atoms with van der Waals surface area (Å²) in [6.45, 7) is 2.48. The summed E-state index contributed by atoms with van der Waals surface area (Å²) in [6.07, 6.45) is 1.49. The van der Waals surface area contributed by atoms with Crippen LogP contribution in [0.2, 0.25) is 0 Å². The first-order valence-electron chi connectivity index (χ1n) is 6.42. The standard InChI is InChI=1S/C16H15N3O2/c1-11-3-4-12(8-17)7-15(11)19-10-14-6-5-13(9-18-14)16(20)21-2/h3-7,9,19H,10H2,1-2H3. The van der Waals surface area contributed by atoms with Crippen LogP contribution in [0.5, 0.6) is 0 Å². The summed E-state index contributed by atoms with van der Waals surface area (Å²) < 4.78 is 4.62. The van der Waals surface area contributed by atoms with Crippen molar-refractivity contribution >= 4 is 11.7 Å². The maximum absolute atomic E-state index is 11.3. The van der Waals surface area contributed by atoms with E-state index in [4.69, 9.17) is 5.26 Å². The molecule has 0 bridgehead atoms. The number of hydrogen-bond acceptors (Lipinski definition) is 5. The van der Waals surface area contributed by atoms with Gasteiger partial charge in [0.05, 0.1) is 36.5 Å². The largest absolute Gasteiger partial charge is 0.465 e. The van der Waals surface area contributed by atoms with Gasteiger partial charge >= 0.3 is 5.97 Å². The monoisotopic (exact) mass is 281 g/mol. The van der Waals surface area contributed by atoms with Crippen LogP contribution in [0.4, 0.5) is 5.69 Å². The predicted octanol–water partition coefficient (Wildman–Crippen LogP) is 2.66.